The van der Waals surface area contributed by atoms with Crippen molar-refractivity contribution in [1.29, 1.82) is 0 Å². The van der Waals surface area contributed by atoms with Crippen LogP contribution in [-0.4, -0.2) is 38.0 Å². The molecule has 2 fully saturated rings. The molecule has 2 atom stereocenters. The zero-order valence-corrected chi connectivity index (χ0v) is 20.4. The summed E-state index contributed by atoms with van der Waals surface area (Å²) in [5, 5.41) is 17.9. The number of imidazole rings is 2. The third-order valence-electron chi connectivity index (χ3n) is 8.08. The van der Waals surface area contributed by atoms with Gasteiger partial charge in [-0.15, -0.1) is 0 Å². The number of benzene rings is 2. The van der Waals surface area contributed by atoms with Gasteiger partial charge in [-0.3, -0.25) is 0 Å². The third-order valence-corrected chi connectivity index (χ3v) is 8.08. The van der Waals surface area contributed by atoms with E-state index in [4.69, 9.17) is 4.98 Å². The zero-order chi connectivity index (χ0) is 24.1. The lowest BCUT2D eigenvalue weighted by atomic mass is 9.95. The van der Waals surface area contributed by atoms with Gasteiger partial charge in [0.25, 0.3) is 0 Å². The largest absolute Gasteiger partial charge is 0.427 e. The first kappa shape index (κ1) is 21.8. The Kier molecular flexibility index (Phi) is 5.40. The SMILES string of the molecule is On1c([C@@H]2CCCN2)nc2c1CCCc1cc(-c3ccc(-c4cnc([C@@H]5CCCN5)[nH]4)cc3)ccc1-2. The Morgan fingerprint density at radius 3 is 2.36 bits per heavy atom. The van der Waals surface area contributed by atoms with Crippen LogP contribution in [0.25, 0.3) is 33.6 Å². The fourth-order valence-corrected chi connectivity index (χ4v) is 6.11. The van der Waals surface area contributed by atoms with Crippen LogP contribution in [-0.2, 0) is 12.8 Å². The molecule has 0 spiro atoms. The van der Waals surface area contributed by atoms with Crippen LogP contribution in [0.2, 0.25) is 0 Å². The van der Waals surface area contributed by atoms with E-state index in [1.807, 2.05) is 6.20 Å². The van der Waals surface area contributed by atoms with Gasteiger partial charge < -0.3 is 20.8 Å². The van der Waals surface area contributed by atoms with Gasteiger partial charge in [0.2, 0.25) is 0 Å². The molecule has 2 saturated heterocycles. The van der Waals surface area contributed by atoms with Crippen molar-refractivity contribution in [2.24, 2.45) is 0 Å². The highest BCUT2D eigenvalue weighted by Gasteiger charge is 2.28. The summed E-state index contributed by atoms with van der Waals surface area (Å²) in [6, 6.07) is 15.9. The standard InChI is InChI=1S/C29H32N6O/c36-35-26-7-1-4-21-16-20(12-13-22(21)27(26)34-29(35)24-6-3-15-31-24)18-8-10-19(11-9-18)25-17-32-28(33-25)23-5-2-14-30-23/h8-13,16-17,23-24,30-31,36H,1-7,14-15H2,(H,32,33)/t23-,24-/m0/s1. The minimum absolute atomic E-state index is 0.142. The summed E-state index contributed by atoms with van der Waals surface area (Å²) in [6.45, 7) is 2.05. The molecular weight excluding hydrogens is 448 g/mol. The number of H-pyrrole nitrogens is 1. The molecule has 7 heteroatoms. The number of aromatic amines is 1. The number of rotatable bonds is 4. The van der Waals surface area contributed by atoms with E-state index in [0.717, 1.165) is 91.5 Å². The molecule has 0 radical (unpaired) electrons. The molecule has 2 aromatic heterocycles. The van der Waals surface area contributed by atoms with Gasteiger partial charge in [0.15, 0.2) is 5.82 Å². The summed E-state index contributed by atoms with van der Waals surface area (Å²) in [6.07, 6.45) is 9.27. The van der Waals surface area contributed by atoms with Gasteiger partial charge in [-0.1, -0.05) is 42.5 Å². The second-order valence-corrected chi connectivity index (χ2v) is 10.4. The lowest BCUT2D eigenvalue weighted by Crippen LogP contribution is -2.18. The fourth-order valence-electron chi connectivity index (χ4n) is 6.11. The Morgan fingerprint density at radius 2 is 1.58 bits per heavy atom. The van der Waals surface area contributed by atoms with Crippen molar-refractivity contribution >= 4 is 0 Å². The van der Waals surface area contributed by atoms with Crippen molar-refractivity contribution in [3.63, 3.8) is 0 Å². The number of aryl methyl sites for hydroxylation is 1. The normalized spacial score (nSPS) is 21.3. The number of nitrogens with one attached hydrogen (secondary N) is 3. The molecule has 0 saturated carbocycles. The maximum atomic E-state index is 10.9. The van der Waals surface area contributed by atoms with Crippen LogP contribution in [0.1, 0.15) is 67.1 Å². The quantitative estimate of drug-likeness (QED) is 0.302. The molecule has 0 amide bonds. The zero-order valence-electron chi connectivity index (χ0n) is 20.4. The first-order valence-electron chi connectivity index (χ1n) is 13.3. The van der Waals surface area contributed by atoms with Crippen LogP contribution in [0.15, 0.2) is 48.7 Å². The topological polar surface area (TPSA) is 90.8 Å². The molecule has 2 aliphatic heterocycles. The predicted molar refractivity (Wildman–Crippen MR) is 140 cm³/mol. The van der Waals surface area contributed by atoms with Gasteiger partial charge in [-0.05, 0) is 80.3 Å². The van der Waals surface area contributed by atoms with Crippen LogP contribution in [0.4, 0.5) is 0 Å². The fraction of sp³-hybridized carbons (Fsp3) is 0.379. The van der Waals surface area contributed by atoms with Crippen LogP contribution in [0, 0.1) is 0 Å². The summed E-state index contributed by atoms with van der Waals surface area (Å²) in [7, 11) is 0. The predicted octanol–water partition coefficient (Wildman–Crippen LogP) is 5.18. The van der Waals surface area contributed by atoms with Gasteiger partial charge in [-0.2, -0.15) is 4.73 Å². The summed E-state index contributed by atoms with van der Waals surface area (Å²) in [5.41, 5.74) is 8.98. The first-order valence-corrected chi connectivity index (χ1v) is 13.3. The van der Waals surface area contributed by atoms with E-state index in [1.165, 1.54) is 27.8 Å². The molecule has 1 aliphatic carbocycles. The van der Waals surface area contributed by atoms with Crippen molar-refractivity contribution in [1.82, 2.24) is 30.3 Å². The Morgan fingerprint density at radius 1 is 0.833 bits per heavy atom. The second-order valence-electron chi connectivity index (χ2n) is 10.4. The molecule has 4 N–H and O–H groups in total. The number of hydrogen-bond donors (Lipinski definition) is 4. The van der Waals surface area contributed by atoms with Crippen LogP contribution >= 0.6 is 0 Å². The number of hydrogen-bond acceptors (Lipinski definition) is 5. The Hall–Kier alpha value is -3.42. The minimum Gasteiger partial charge on any atom is -0.427 e. The van der Waals surface area contributed by atoms with Crippen molar-refractivity contribution in [3.05, 3.63) is 71.6 Å². The van der Waals surface area contributed by atoms with Crippen molar-refractivity contribution in [3.8, 4) is 33.6 Å². The van der Waals surface area contributed by atoms with Gasteiger partial charge >= 0.3 is 0 Å². The van der Waals surface area contributed by atoms with E-state index in [1.54, 1.807) is 0 Å². The lowest BCUT2D eigenvalue weighted by molar-refractivity contribution is 0.160. The number of nitrogens with zero attached hydrogens (tertiary/aromatic N) is 3. The highest BCUT2D eigenvalue weighted by Crippen LogP contribution is 2.37. The van der Waals surface area contributed by atoms with E-state index in [0.29, 0.717) is 6.04 Å². The highest BCUT2D eigenvalue weighted by atomic mass is 16.5. The first-order chi connectivity index (χ1) is 17.7. The van der Waals surface area contributed by atoms with E-state index in [-0.39, 0.29) is 6.04 Å². The number of aromatic nitrogens is 4. The molecule has 2 aromatic carbocycles. The molecular formula is C29H32N6O. The second kappa shape index (κ2) is 8.91. The average Bonchev–Trinajstić information content (AvgIpc) is 3.71. The summed E-state index contributed by atoms with van der Waals surface area (Å²) >= 11 is 0. The summed E-state index contributed by atoms with van der Waals surface area (Å²) in [5.74, 6) is 1.80. The molecule has 0 unspecified atom stereocenters. The molecule has 4 aromatic rings. The number of fused-ring (bicyclic) bond motifs is 3. The monoisotopic (exact) mass is 480 g/mol. The summed E-state index contributed by atoms with van der Waals surface area (Å²) in [4.78, 5) is 13.1. The van der Waals surface area contributed by atoms with E-state index in [2.05, 4.69) is 63.1 Å². The molecule has 7 rings (SSSR count). The van der Waals surface area contributed by atoms with Crippen LogP contribution < -0.4 is 10.6 Å². The molecule has 4 heterocycles. The summed E-state index contributed by atoms with van der Waals surface area (Å²) < 4.78 is 1.36. The van der Waals surface area contributed by atoms with Crippen molar-refractivity contribution in [2.45, 2.75) is 57.0 Å². The smallest absolute Gasteiger partial charge is 0.162 e. The van der Waals surface area contributed by atoms with Gasteiger partial charge in [0, 0.05) is 5.56 Å². The van der Waals surface area contributed by atoms with Crippen molar-refractivity contribution < 1.29 is 5.21 Å². The van der Waals surface area contributed by atoms with Crippen molar-refractivity contribution in [2.75, 3.05) is 13.1 Å². The van der Waals surface area contributed by atoms with E-state index < -0.39 is 0 Å². The molecule has 7 nitrogen and oxygen atoms in total. The minimum atomic E-state index is 0.142. The molecule has 36 heavy (non-hydrogen) atoms. The highest BCUT2D eigenvalue weighted by molar-refractivity contribution is 5.75. The molecule has 184 valence electrons. The maximum absolute atomic E-state index is 10.9. The lowest BCUT2D eigenvalue weighted by Gasteiger charge is -2.10. The van der Waals surface area contributed by atoms with Crippen LogP contribution in [0.5, 0.6) is 0 Å². The Bertz CT molecular complexity index is 1390. The van der Waals surface area contributed by atoms with E-state index in [9.17, 15) is 5.21 Å². The van der Waals surface area contributed by atoms with Gasteiger partial charge in [0.1, 0.15) is 5.82 Å². The Balaban J connectivity index is 1.17. The van der Waals surface area contributed by atoms with Gasteiger partial charge in [-0.25, -0.2) is 9.97 Å². The Labute approximate surface area is 211 Å². The maximum Gasteiger partial charge on any atom is 0.162 e. The average molecular weight is 481 g/mol. The third kappa shape index (κ3) is 3.74. The van der Waals surface area contributed by atoms with Crippen LogP contribution in [0.3, 0.4) is 0 Å². The molecule has 0 bridgehead atoms. The van der Waals surface area contributed by atoms with E-state index >= 15 is 0 Å². The van der Waals surface area contributed by atoms with Gasteiger partial charge in [0.05, 0.1) is 35.4 Å². The molecule has 3 aliphatic rings.